The Kier molecular flexibility index (Phi) is 5.62. The molecule has 10 nitrogen and oxygen atoms in total. The summed E-state index contributed by atoms with van der Waals surface area (Å²) < 4.78 is 46.9. The number of aryl methyl sites for hydroxylation is 1. The van der Waals surface area contributed by atoms with Gasteiger partial charge in [-0.25, -0.2) is 9.78 Å². The number of hydrogen-bond acceptors (Lipinski definition) is 8. The number of amides is 2. The van der Waals surface area contributed by atoms with Gasteiger partial charge in [-0.15, -0.1) is 0 Å². The maximum Gasteiger partial charge on any atom is 0.471 e. The van der Waals surface area contributed by atoms with E-state index in [-0.39, 0.29) is 35.2 Å². The second kappa shape index (κ2) is 8.14. The van der Waals surface area contributed by atoms with Gasteiger partial charge in [-0.2, -0.15) is 18.2 Å². The molecular formula is C17H13F3N6O4. The summed E-state index contributed by atoms with van der Waals surface area (Å²) in [5.41, 5.74) is 6.03. The molecule has 0 saturated heterocycles. The number of alkyl halides is 3. The van der Waals surface area contributed by atoms with Crippen LogP contribution in [0.3, 0.4) is 0 Å². The van der Waals surface area contributed by atoms with Crippen LogP contribution in [0.15, 0.2) is 35.0 Å². The molecule has 0 atom stereocenters. The summed E-state index contributed by atoms with van der Waals surface area (Å²) in [6.07, 6.45) is -4.25. The summed E-state index contributed by atoms with van der Waals surface area (Å²) in [6, 6.07) is 5.78. The molecule has 0 aliphatic rings. The molecule has 0 aliphatic carbocycles. The number of aromatic nitrogens is 4. The minimum Gasteiger partial charge on any atom is -0.444 e. The summed E-state index contributed by atoms with van der Waals surface area (Å²) in [7, 11) is 0. The van der Waals surface area contributed by atoms with Gasteiger partial charge < -0.3 is 15.0 Å². The van der Waals surface area contributed by atoms with Crippen LogP contribution < -0.4 is 11.1 Å². The lowest BCUT2D eigenvalue weighted by Crippen LogP contribution is -2.19. The van der Waals surface area contributed by atoms with Crippen LogP contribution in [0, 0.1) is 6.92 Å². The number of ether oxygens (including phenoxy) is 1. The fraction of sp³-hybridized carbons (Fsp3) is 0.176. The van der Waals surface area contributed by atoms with Gasteiger partial charge in [0.2, 0.25) is 5.82 Å². The monoisotopic (exact) mass is 422 g/mol. The number of primary amides is 1. The van der Waals surface area contributed by atoms with Gasteiger partial charge in [0.05, 0.1) is 11.4 Å². The fourth-order valence-electron chi connectivity index (χ4n) is 2.33. The molecule has 156 valence electrons. The third-order valence-corrected chi connectivity index (χ3v) is 3.70. The molecule has 0 bridgehead atoms. The number of nitrogens with two attached hydrogens (primary N) is 1. The van der Waals surface area contributed by atoms with E-state index in [1.54, 1.807) is 6.07 Å². The lowest BCUT2D eigenvalue weighted by molar-refractivity contribution is -0.159. The van der Waals surface area contributed by atoms with Crippen molar-refractivity contribution >= 4 is 17.7 Å². The third kappa shape index (κ3) is 4.68. The molecule has 30 heavy (non-hydrogen) atoms. The molecule has 0 radical (unpaired) electrons. The number of nitrogens with one attached hydrogen (secondary N) is 1. The van der Waals surface area contributed by atoms with E-state index >= 15 is 0 Å². The molecule has 3 aromatic rings. The highest BCUT2D eigenvalue weighted by atomic mass is 19.4. The first-order chi connectivity index (χ1) is 14.1. The minimum atomic E-state index is -4.77. The van der Waals surface area contributed by atoms with Crippen molar-refractivity contribution in [3.8, 4) is 11.5 Å². The Balaban J connectivity index is 1.67. The van der Waals surface area contributed by atoms with Crippen LogP contribution in [-0.4, -0.2) is 32.1 Å². The highest BCUT2D eigenvalue weighted by Crippen LogP contribution is 2.29. The molecule has 2 amide bonds. The van der Waals surface area contributed by atoms with Crippen LogP contribution in [0.2, 0.25) is 0 Å². The second-order valence-electron chi connectivity index (χ2n) is 5.83. The molecule has 3 aromatic heterocycles. The number of halogens is 3. The SMILES string of the molecule is Cc1nc(-c2noc(C(F)(F)F)n2)ccc1NC(=O)OCc1cccnc1C(N)=O. The van der Waals surface area contributed by atoms with Gasteiger partial charge in [-0.05, 0) is 25.1 Å². The Bertz CT molecular complexity index is 1100. The summed E-state index contributed by atoms with van der Waals surface area (Å²) >= 11 is 0. The smallest absolute Gasteiger partial charge is 0.444 e. The van der Waals surface area contributed by atoms with Gasteiger partial charge in [-0.3, -0.25) is 15.1 Å². The summed E-state index contributed by atoms with van der Waals surface area (Å²) in [5, 5.41) is 5.68. The predicted molar refractivity (Wildman–Crippen MR) is 93.8 cm³/mol. The number of rotatable bonds is 5. The maximum atomic E-state index is 12.6. The molecular weight excluding hydrogens is 409 g/mol. The van der Waals surface area contributed by atoms with Gasteiger partial charge in [0.1, 0.15) is 18.0 Å². The normalized spacial score (nSPS) is 11.2. The summed E-state index contributed by atoms with van der Waals surface area (Å²) in [6.45, 7) is 1.25. The van der Waals surface area contributed by atoms with Crippen LogP contribution in [0.1, 0.15) is 27.6 Å². The van der Waals surface area contributed by atoms with E-state index in [1.807, 2.05) is 0 Å². The number of anilines is 1. The van der Waals surface area contributed by atoms with Crippen molar-refractivity contribution < 1.29 is 32.0 Å². The van der Waals surface area contributed by atoms with Gasteiger partial charge in [0, 0.05) is 11.8 Å². The lowest BCUT2D eigenvalue weighted by atomic mass is 10.2. The Morgan fingerprint density at radius 2 is 2.00 bits per heavy atom. The summed E-state index contributed by atoms with van der Waals surface area (Å²) in [4.78, 5) is 34.5. The van der Waals surface area contributed by atoms with Crippen LogP contribution in [0.5, 0.6) is 0 Å². The molecule has 0 saturated carbocycles. The van der Waals surface area contributed by atoms with Gasteiger partial charge in [0.25, 0.3) is 5.91 Å². The molecule has 0 fully saturated rings. The Labute approximate surface area is 166 Å². The Hall–Kier alpha value is -4.03. The van der Waals surface area contributed by atoms with Crippen molar-refractivity contribution in [2.45, 2.75) is 19.7 Å². The van der Waals surface area contributed by atoms with E-state index in [2.05, 4.69) is 29.9 Å². The molecule has 0 unspecified atom stereocenters. The van der Waals surface area contributed by atoms with E-state index in [4.69, 9.17) is 10.5 Å². The van der Waals surface area contributed by atoms with Crippen molar-refractivity contribution in [1.29, 1.82) is 0 Å². The van der Waals surface area contributed by atoms with Crippen molar-refractivity contribution in [2.75, 3.05) is 5.32 Å². The zero-order valence-electron chi connectivity index (χ0n) is 15.2. The lowest BCUT2D eigenvalue weighted by Gasteiger charge is -2.10. The minimum absolute atomic E-state index is 0.0205. The first-order valence-electron chi connectivity index (χ1n) is 8.21. The number of carbonyl (C=O) groups is 2. The second-order valence-corrected chi connectivity index (χ2v) is 5.83. The molecule has 3 rings (SSSR count). The third-order valence-electron chi connectivity index (χ3n) is 3.70. The van der Waals surface area contributed by atoms with E-state index < -0.39 is 24.1 Å². The Morgan fingerprint density at radius 1 is 1.23 bits per heavy atom. The number of carbonyl (C=O) groups excluding carboxylic acids is 2. The van der Waals surface area contributed by atoms with Crippen LogP contribution in [0.4, 0.5) is 23.7 Å². The molecule has 0 spiro atoms. The number of nitrogens with zero attached hydrogens (tertiary/aromatic N) is 4. The zero-order valence-corrected chi connectivity index (χ0v) is 15.2. The average Bonchev–Trinajstić information content (AvgIpc) is 3.19. The van der Waals surface area contributed by atoms with E-state index in [0.717, 1.165) is 0 Å². The highest BCUT2D eigenvalue weighted by molar-refractivity contribution is 5.92. The predicted octanol–water partition coefficient (Wildman–Crippen LogP) is 2.70. The van der Waals surface area contributed by atoms with Crippen molar-refractivity contribution in [2.24, 2.45) is 5.73 Å². The van der Waals surface area contributed by atoms with Crippen molar-refractivity contribution in [1.82, 2.24) is 20.1 Å². The van der Waals surface area contributed by atoms with Gasteiger partial charge in [-0.1, -0.05) is 11.2 Å². The van der Waals surface area contributed by atoms with Crippen molar-refractivity contribution in [3.63, 3.8) is 0 Å². The molecule has 3 N–H and O–H groups in total. The quantitative estimate of drug-likeness (QED) is 0.638. The van der Waals surface area contributed by atoms with E-state index in [9.17, 15) is 22.8 Å². The zero-order chi connectivity index (χ0) is 21.9. The molecule has 0 aromatic carbocycles. The van der Waals surface area contributed by atoms with E-state index in [1.165, 1.54) is 31.3 Å². The number of pyridine rings is 2. The van der Waals surface area contributed by atoms with Gasteiger partial charge in [0.15, 0.2) is 0 Å². The number of hydrogen-bond donors (Lipinski definition) is 2. The largest absolute Gasteiger partial charge is 0.471 e. The van der Waals surface area contributed by atoms with Crippen LogP contribution >= 0.6 is 0 Å². The standard InChI is InChI=1S/C17H13F3N6O4/c1-8-10(4-5-11(23-8)14-25-15(30-26-14)17(18,19)20)24-16(28)29-7-9-3-2-6-22-12(9)13(21)27/h2-6H,7H2,1H3,(H2,21,27)(H,24,28). The van der Waals surface area contributed by atoms with E-state index in [0.29, 0.717) is 5.56 Å². The van der Waals surface area contributed by atoms with Crippen molar-refractivity contribution in [3.05, 3.63) is 53.3 Å². The average molecular weight is 422 g/mol. The first-order valence-corrected chi connectivity index (χ1v) is 8.21. The first kappa shape index (κ1) is 20.7. The Morgan fingerprint density at radius 3 is 2.63 bits per heavy atom. The fourth-order valence-corrected chi connectivity index (χ4v) is 2.33. The van der Waals surface area contributed by atoms with Gasteiger partial charge >= 0.3 is 18.2 Å². The molecule has 0 aliphatic heterocycles. The van der Waals surface area contributed by atoms with Crippen LogP contribution in [-0.2, 0) is 17.5 Å². The summed E-state index contributed by atoms with van der Waals surface area (Å²) in [5.74, 6) is -2.61. The molecule has 13 heteroatoms. The molecule has 3 heterocycles. The maximum absolute atomic E-state index is 12.6. The highest BCUT2D eigenvalue weighted by Gasteiger charge is 2.38. The topological polar surface area (TPSA) is 146 Å². The van der Waals surface area contributed by atoms with Crippen LogP contribution in [0.25, 0.3) is 11.5 Å².